The van der Waals surface area contributed by atoms with Crippen molar-refractivity contribution in [3.8, 4) is 0 Å². The summed E-state index contributed by atoms with van der Waals surface area (Å²) >= 11 is 0. The molecule has 0 amide bonds. The molecular formula is C15H32N4. The summed E-state index contributed by atoms with van der Waals surface area (Å²) < 4.78 is 0. The van der Waals surface area contributed by atoms with Crippen molar-refractivity contribution in [2.45, 2.75) is 71.4 Å². The van der Waals surface area contributed by atoms with Crippen LogP contribution in [0.25, 0.3) is 0 Å². The molecule has 1 aliphatic carbocycles. The lowest BCUT2D eigenvalue weighted by Gasteiger charge is -2.25. The molecule has 4 nitrogen and oxygen atoms in total. The Balaban J connectivity index is 2.33. The number of hydrogen-bond donors (Lipinski definition) is 3. The third-order valence-corrected chi connectivity index (χ3v) is 3.33. The maximum Gasteiger partial charge on any atom is 0.191 e. The molecule has 0 unspecified atom stereocenters. The highest BCUT2D eigenvalue weighted by Gasteiger charge is 2.14. The Bertz CT molecular complexity index is 262. The molecule has 0 aromatic rings. The van der Waals surface area contributed by atoms with E-state index >= 15 is 0 Å². The van der Waals surface area contributed by atoms with Crippen molar-refractivity contribution >= 4 is 5.96 Å². The Labute approximate surface area is 118 Å². The summed E-state index contributed by atoms with van der Waals surface area (Å²) in [6.45, 7) is 11.3. The lowest BCUT2D eigenvalue weighted by Crippen LogP contribution is -2.44. The predicted octanol–water partition coefficient (Wildman–Crippen LogP) is 2.26. The van der Waals surface area contributed by atoms with E-state index in [0.29, 0.717) is 6.04 Å². The molecule has 0 aromatic carbocycles. The first-order valence-electron chi connectivity index (χ1n) is 7.81. The zero-order valence-corrected chi connectivity index (χ0v) is 13.2. The first kappa shape index (κ1) is 16.3. The van der Waals surface area contributed by atoms with Crippen molar-refractivity contribution in [2.75, 3.05) is 19.6 Å². The SMILES string of the molecule is CCNC(=NCCNC(C)(C)C)NC1CCCCC1. The van der Waals surface area contributed by atoms with Gasteiger partial charge in [0.2, 0.25) is 0 Å². The summed E-state index contributed by atoms with van der Waals surface area (Å²) in [6.07, 6.45) is 6.65. The van der Waals surface area contributed by atoms with Crippen LogP contribution in [-0.2, 0) is 0 Å². The van der Waals surface area contributed by atoms with Gasteiger partial charge >= 0.3 is 0 Å². The average Bonchev–Trinajstić information content (AvgIpc) is 2.35. The minimum absolute atomic E-state index is 0.171. The summed E-state index contributed by atoms with van der Waals surface area (Å²) in [5.41, 5.74) is 0.171. The monoisotopic (exact) mass is 268 g/mol. The summed E-state index contributed by atoms with van der Waals surface area (Å²) in [7, 11) is 0. The third-order valence-electron chi connectivity index (χ3n) is 3.33. The second-order valence-corrected chi connectivity index (χ2v) is 6.42. The maximum atomic E-state index is 4.64. The Morgan fingerprint density at radius 1 is 1.16 bits per heavy atom. The fourth-order valence-corrected chi connectivity index (χ4v) is 2.36. The van der Waals surface area contributed by atoms with Gasteiger partial charge in [-0.05, 0) is 40.5 Å². The normalized spacial score (nSPS) is 18.4. The molecule has 0 heterocycles. The molecule has 0 spiro atoms. The summed E-state index contributed by atoms with van der Waals surface area (Å²) in [5, 5.41) is 10.4. The van der Waals surface area contributed by atoms with Gasteiger partial charge in [-0.15, -0.1) is 0 Å². The van der Waals surface area contributed by atoms with Gasteiger partial charge in [0.15, 0.2) is 5.96 Å². The van der Waals surface area contributed by atoms with Crippen LogP contribution in [0, 0.1) is 0 Å². The Kier molecular flexibility index (Phi) is 7.21. The molecule has 0 atom stereocenters. The van der Waals surface area contributed by atoms with E-state index in [1.807, 2.05) is 0 Å². The summed E-state index contributed by atoms with van der Waals surface area (Å²) in [5.74, 6) is 0.977. The van der Waals surface area contributed by atoms with Crippen LogP contribution in [0.5, 0.6) is 0 Å². The molecule has 0 bridgehead atoms. The van der Waals surface area contributed by atoms with Crippen LogP contribution in [0.3, 0.4) is 0 Å². The predicted molar refractivity (Wildman–Crippen MR) is 83.7 cm³/mol. The van der Waals surface area contributed by atoms with Gasteiger partial charge in [0.25, 0.3) is 0 Å². The van der Waals surface area contributed by atoms with Gasteiger partial charge in [0, 0.05) is 24.7 Å². The molecule has 3 N–H and O–H groups in total. The van der Waals surface area contributed by atoms with E-state index in [2.05, 4.69) is 48.6 Å². The van der Waals surface area contributed by atoms with Gasteiger partial charge < -0.3 is 16.0 Å². The zero-order valence-electron chi connectivity index (χ0n) is 13.2. The lowest BCUT2D eigenvalue weighted by atomic mass is 9.96. The number of hydrogen-bond acceptors (Lipinski definition) is 2. The Hall–Kier alpha value is -0.770. The number of guanidine groups is 1. The fourth-order valence-electron chi connectivity index (χ4n) is 2.36. The van der Waals surface area contributed by atoms with Crippen LogP contribution in [0.4, 0.5) is 0 Å². The molecule has 1 fully saturated rings. The van der Waals surface area contributed by atoms with E-state index in [0.717, 1.165) is 25.6 Å². The van der Waals surface area contributed by atoms with Crippen molar-refractivity contribution in [1.29, 1.82) is 0 Å². The van der Waals surface area contributed by atoms with Crippen LogP contribution in [0.15, 0.2) is 4.99 Å². The Morgan fingerprint density at radius 2 is 1.84 bits per heavy atom. The summed E-state index contributed by atoms with van der Waals surface area (Å²) in [4.78, 5) is 4.64. The van der Waals surface area contributed by atoms with E-state index in [-0.39, 0.29) is 5.54 Å². The van der Waals surface area contributed by atoms with Crippen LogP contribution < -0.4 is 16.0 Å². The van der Waals surface area contributed by atoms with Crippen molar-refractivity contribution in [2.24, 2.45) is 4.99 Å². The largest absolute Gasteiger partial charge is 0.357 e. The first-order chi connectivity index (χ1) is 9.01. The van der Waals surface area contributed by atoms with E-state index in [4.69, 9.17) is 0 Å². The third kappa shape index (κ3) is 8.09. The number of aliphatic imine (C=N–C) groups is 1. The van der Waals surface area contributed by atoms with Gasteiger partial charge in [-0.1, -0.05) is 19.3 Å². The average molecular weight is 268 g/mol. The van der Waals surface area contributed by atoms with Crippen molar-refractivity contribution < 1.29 is 0 Å². The van der Waals surface area contributed by atoms with E-state index < -0.39 is 0 Å². The molecule has 0 radical (unpaired) electrons. The molecule has 4 heteroatoms. The molecule has 1 rings (SSSR count). The smallest absolute Gasteiger partial charge is 0.191 e. The lowest BCUT2D eigenvalue weighted by molar-refractivity contribution is 0.409. The van der Waals surface area contributed by atoms with Crippen molar-refractivity contribution in [3.05, 3.63) is 0 Å². The number of nitrogens with one attached hydrogen (secondary N) is 3. The van der Waals surface area contributed by atoms with Crippen LogP contribution in [0.2, 0.25) is 0 Å². The maximum absolute atomic E-state index is 4.64. The van der Waals surface area contributed by atoms with Gasteiger partial charge in [-0.3, -0.25) is 4.99 Å². The molecule has 0 saturated heterocycles. The molecule has 0 aliphatic heterocycles. The van der Waals surface area contributed by atoms with E-state index in [9.17, 15) is 0 Å². The van der Waals surface area contributed by atoms with Gasteiger partial charge in [0.1, 0.15) is 0 Å². The summed E-state index contributed by atoms with van der Waals surface area (Å²) in [6, 6.07) is 0.613. The van der Waals surface area contributed by atoms with Crippen LogP contribution in [0.1, 0.15) is 59.8 Å². The topological polar surface area (TPSA) is 48.5 Å². The second-order valence-electron chi connectivity index (χ2n) is 6.42. The van der Waals surface area contributed by atoms with Crippen LogP contribution in [-0.4, -0.2) is 37.2 Å². The highest BCUT2D eigenvalue weighted by atomic mass is 15.2. The number of nitrogens with zero attached hydrogens (tertiary/aromatic N) is 1. The highest BCUT2D eigenvalue weighted by Crippen LogP contribution is 2.17. The van der Waals surface area contributed by atoms with Gasteiger partial charge in [0.05, 0.1) is 6.54 Å². The Morgan fingerprint density at radius 3 is 2.42 bits per heavy atom. The molecule has 0 aromatic heterocycles. The molecule has 112 valence electrons. The quantitative estimate of drug-likeness (QED) is 0.407. The van der Waals surface area contributed by atoms with Gasteiger partial charge in [-0.2, -0.15) is 0 Å². The number of rotatable bonds is 5. The molecule has 1 saturated carbocycles. The van der Waals surface area contributed by atoms with Crippen LogP contribution >= 0.6 is 0 Å². The standard InChI is InChI=1S/C15H32N4/c1-5-16-14(17-11-12-18-15(2,3)4)19-13-9-7-6-8-10-13/h13,18H,5-12H2,1-4H3,(H2,16,17,19). The minimum atomic E-state index is 0.171. The van der Waals surface area contributed by atoms with Crippen molar-refractivity contribution in [3.63, 3.8) is 0 Å². The fraction of sp³-hybridized carbons (Fsp3) is 0.933. The highest BCUT2D eigenvalue weighted by molar-refractivity contribution is 5.80. The molecule has 19 heavy (non-hydrogen) atoms. The second kappa shape index (κ2) is 8.41. The van der Waals surface area contributed by atoms with Crippen molar-refractivity contribution in [1.82, 2.24) is 16.0 Å². The van der Waals surface area contributed by atoms with E-state index in [1.54, 1.807) is 0 Å². The molecule has 1 aliphatic rings. The zero-order chi connectivity index (χ0) is 14.1. The molecular weight excluding hydrogens is 236 g/mol. The van der Waals surface area contributed by atoms with E-state index in [1.165, 1.54) is 32.1 Å². The minimum Gasteiger partial charge on any atom is -0.357 e. The van der Waals surface area contributed by atoms with Gasteiger partial charge in [-0.25, -0.2) is 0 Å². The first-order valence-corrected chi connectivity index (χ1v) is 7.81.